The van der Waals surface area contributed by atoms with Gasteiger partial charge in [0.15, 0.2) is 0 Å². The summed E-state index contributed by atoms with van der Waals surface area (Å²) in [6, 6.07) is 12.0. The van der Waals surface area contributed by atoms with Crippen LogP contribution >= 0.6 is 0 Å². The summed E-state index contributed by atoms with van der Waals surface area (Å²) in [5.41, 5.74) is 0.489. The Labute approximate surface area is 175 Å². The first kappa shape index (κ1) is 20.2. The van der Waals surface area contributed by atoms with Gasteiger partial charge in [-0.3, -0.25) is 9.36 Å². The Bertz CT molecular complexity index is 1080. The molecule has 2 aromatic heterocycles. The number of sulfonamides is 1. The fourth-order valence-electron chi connectivity index (χ4n) is 3.50. The minimum atomic E-state index is -3.45. The highest BCUT2D eigenvalue weighted by molar-refractivity contribution is 7.89. The molecule has 1 aliphatic heterocycles. The van der Waals surface area contributed by atoms with Crippen LogP contribution in [0.5, 0.6) is 0 Å². The van der Waals surface area contributed by atoms with Crippen LogP contribution in [0.25, 0.3) is 5.82 Å². The third kappa shape index (κ3) is 4.42. The molecule has 1 fully saturated rings. The summed E-state index contributed by atoms with van der Waals surface area (Å²) >= 11 is 0. The second kappa shape index (κ2) is 8.76. The molecule has 3 heterocycles. The van der Waals surface area contributed by atoms with Crippen molar-refractivity contribution in [2.24, 2.45) is 5.92 Å². The maximum Gasteiger partial charge on any atom is 0.252 e. The number of piperidine rings is 1. The van der Waals surface area contributed by atoms with Gasteiger partial charge in [-0.05, 0) is 43.0 Å². The lowest BCUT2D eigenvalue weighted by molar-refractivity contribution is 0.0941. The highest BCUT2D eigenvalue weighted by Gasteiger charge is 2.29. The quantitative estimate of drug-likeness (QED) is 0.652. The van der Waals surface area contributed by atoms with Gasteiger partial charge in [-0.15, -0.1) is 0 Å². The summed E-state index contributed by atoms with van der Waals surface area (Å²) in [6.07, 6.45) is 8.06. The molecule has 8 nitrogen and oxygen atoms in total. The van der Waals surface area contributed by atoms with Gasteiger partial charge < -0.3 is 5.32 Å². The van der Waals surface area contributed by atoms with Gasteiger partial charge in [0.25, 0.3) is 5.91 Å². The first-order valence-corrected chi connectivity index (χ1v) is 11.3. The molecule has 1 N–H and O–H groups in total. The van der Waals surface area contributed by atoms with Crippen molar-refractivity contribution in [1.82, 2.24) is 24.2 Å². The lowest BCUT2D eigenvalue weighted by Crippen LogP contribution is -2.41. The summed E-state index contributed by atoms with van der Waals surface area (Å²) in [6.45, 7) is 1.43. The molecule has 156 valence electrons. The number of hydrogen-bond donors (Lipinski definition) is 1. The Balaban J connectivity index is 1.28. The van der Waals surface area contributed by atoms with E-state index >= 15 is 0 Å². The lowest BCUT2D eigenvalue weighted by atomic mass is 9.98. The van der Waals surface area contributed by atoms with E-state index in [0.717, 1.165) is 0 Å². The van der Waals surface area contributed by atoms with E-state index < -0.39 is 10.0 Å². The number of benzene rings is 1. The molecule has 0 bridgehead atoms. The lowest BCUT2D eigenvalue weighted by Gasteiger charge is -2.31. The number of nitrogens with one attached hydrogen (secondary N) is 1. The van der Waals surface area contributed by atoms with Crippen LogP contribution in [0.1, 0.15) is 23.2 Å². The van der Waals surface area contributed by atoms with Gasteiger partial charge in [-0.1, -0.05) is 18.2 Å². The predicted molar refractivity (Wildman–Crippen MR) is 112 cm³/mol. The number of rotatable bonds is 6. The zero-order valence-electron chi connectivity index (χ0n) is 16.4. The van der Waals surface area contributed by atoms with Crippen LogP contribution in [0, 0.1) is 5.92 Å². The normalized spacial score (nSPS) is 15.7. The Morgan fingerprint density at radius 2 is 1.87 bits per heavy atom. The molecule has 0 spiro atoms. The van der Waals surface area contributed by atoms with E-state index in [2.05, 4.69) is 15.3 Å². The molecule has 1 aliphatic rings. The zero-order chi connectivity index (χ0) is 21.0. The SMILES string of the molecule is O=C(NCC1CCN(S(=O)(=O)c2ccccc2)CC1)c1ccc(-n2ccnc2)nc1. The molecule has 0 saturated carbocycles. The first-order chi connectivity index (χ1) is 14.5. The third-order valence-electron chi connectivity index (χ3n) is 5.28. The van der Waals surface area contributed by atoms with Gasteiger partial charge in [0, 0.05) is 38.2 Å². The summed E-state index contributed by atoms with van der Waals surface area (Å²) in [7, 11) is -3.45. The molecular formula is C21H23N5O3S. The molecule has 0 radical (unpaired) electrons. The van der Waals surface area contributed by atoms with Crippen molar-refractivity contribution in [3.05, 3.63) is 72.9 Å². The second-order valence-electron chi connectivity index (χ2n) is 7.25. The highest BCUT2D eigenvalue weighted by Crippen LogP contribution is 2.23. The molecule has 0 unspecified atom stereocenters. The number of carbonyl (C=O) groups excluding carboxylic acids is 1. The van der Waals surface area contributed by atoms with Gasteiger partial charge in [-0.2, -0.15) is 4.31 Å². The van der Waals surface area contributed by atoms with E-state index in [1.807, 2.05) is 0 Å². The summed E-state index contributed by atoms with van der Waals surface area (Å²) in [5, 5.41) is 2.94. The molecule has 0 atom stereocenters. The summed E-state index contributed by atoms with van der Waals surface area (Å²) in [4.78, 5) is 21.0. The summed E-state index contributed by atoms with van der Waals surface area (Å²) in [5.74, 6) is 0.754. The number of aromatic nitrogens is 3. The fraction of sp³-hybridized carbons (Fsp3) is 0.286. The standard InChI is InChI=1S/C21H23N5O3S/c27-21(18-6-7-20(23-15-18)25-13-10-22-16-25)24-14-17-8-11-26(12-9-17)30(28,29)19-4-2-1-3-5-19/h1-7,10,13,15-17H,8-9,11-12,14H2,(H,24,27). The van der Waals surface area contributed by atoms with Crippen molar-refractivity contribution in [2.45, 2.75) is 17.7 Å². The van der Waals surface area contributed by atoms with Crippen molar-refractivity contribution >= 4 is 15.9 Å². The van der Waals surface area contributed by atoms with Crippen LogP contribution in [-0.4, -0.2) is 52.8 Å². The van der Waals surface area contributed by atoms with Crippen molar-refractivity contribution in [1.29, 1.82) is 0 Å². The number of nitrogens with zero attached hydrogens (tertiary/aromatic N) is 4. The third-order valence-corrected chi connectivity index (χ3v) is 7.20. The van der Waals surface area contributed by atoms with E-state index in [0.29, 0.717) is 48.8 Å². The maximum absolute atomic E-state index is 12.7. The van der Waals surface area contributed by atoms with E-state index in [9.17, 15) is 13.2 Å². The molecule has 0 aliphatic carbocycles. The predicted octanol–water partition coefficient (Wildman–Crippen LogP) is 2.10. The minimum Gasteiger partial charge on any atom is -0.352 e. The van der Waals surface area contributed by atoms with Crippen LogP contribution in [0.2, 0.25) is 0 Å². The van der Waals surface area contributed by atoms with Gasteiger partial charge in [-0.25, -0.2) is 18.4 Å². The average molecular weight is 426 g/mol. The van der Waals surface area contributed by atoms with Crippen LogP contribution in [-0.2, 0) is 10.0 Å². The van der Waals surface area contributed by atoms with Crippen LogP contribution in [0.3, 0.4) is 0 Å². The van der Waals surface area contributed by atoms with Gasteiger partial charge in [0.1, 0.15) is 12.1 Å². The van der Waals surface area contributed by atoms with Gasteiger partial charge in [0.05, 0.1) is 10.5 Å². The Kier molecular flexibility index (Phi) is 5.91. The number of imidazole rings is 1. The average Bonchev–Trinajstić information content (AvgIpc) is 3.33. The zero-order valence-corrected chi connectivity index (χ0v) is 17.2. The molecular weight excluding hydrogens is 402 g/mol. The molecule has 1 aromatic carbocycles. The van der Waals surface area contributed by atoms with Crippen LogP contribution in [0.4, 0.5) is 0 Å². The molecule has 1 amide bonds. The maximum atomic E-state index is 12.7. The topological polar surface area (TPSA) is 97.2 Å². The van der Waals surface area contributed by atoms with Crippen molar-refractivity contribution in [3.8, 4) is 5.82 Å². The van der Waals surface area contributed by atoms with Crippen LogP contribution in [0.15, 0.2) is 72.3 Å². The van der Waals surface area contributed by atoms with Crippen molar-refractivity contribution in [3.63, 3.8) is 0 Å². The Morgan fingerprint density at radius 3 is 2.50 bits per heavy atom. The second-order valence-corrected chi connectivity index (χ2v) is 9.18. The smallest absolute Gasteiger partial charge is 0.252 e. The first-order valence-electron chi connectivity index (χ1n) is 9.82. The molecule has 1 saturated heterocycles. The number of amides is 1. The number of carbonyl (C=O) groups is 1. The van der Waals surface area contributed by atoms with Gasteiger partial charge in [0.2, 0.25) is 10.0 Å². The highest BCUT2D eigenvalue weighted by atomic mass is 32.2. The van der Waals surface area contributed by atoms with E-state index in [4.69, 9.17) is 0 Å². The Hall–Kier alpha value is -3.04. The van der Waals surface area contributed by atoms with Crippen molar-refractivity contribution < 1.29 is 13.2 Å². The molecule has 30 heavy (non-hydrogen) atoms. The van der Waals surface area contributed by atoms with E-state index in [-0.39, 0.29) is 11.8 Å². The van der Waals surface area contributed by atoms with Crippen molar-refractivity contribution in [2.75, 3.05) is 19.6 Å². The van der Waals surface area contributed by atoms with Gasteiger partial charge >= 0.3 is 0 Å². The largest absolute Gasteiger partial charge is 0.352 e. The summed E-state index contributed by atoms with van der Waals surface area (Å²) < 4.78 is 28.7. The molecule has 4 rings (SSSR count). The molecule has 9 heteroatoms. The van der Waals surface area contributed by atoms with Crippen LogP contribution < -0.4 is 5.32 Å². The van der Waals surface area contributed by atoms with E-state index in [1.54, 1.807) is 71.9 Å². The minimum absolute atomic E-state index is 0.181. The Morgan fingerprint density at radius 1 is 1.10 bits per heavy atom. The van der Waals surface area contributed by atoms with E-state index in [1.165, 1.54) is 4.31 Å². The monoisotopic (exact) mass is 425 g/mol. The number of pyridine rings is 1. The fourth-order valence-corrected chi connectivity index (χ4v) is 4.99. The molecule has 3 aromatic rings. The number of hydrogen-bond acceptors (Lipinski definition) is 5.